The van der Waals surface area contributed by atoms with Crippen LogP contribution in [0.4, 0.5) is 5.69 Å². The van der Waals surface area contributed by atoms with Gasteiger partial charge in [0.2, 0.25) is 0 Å². The van der Waals surface area contributed by atoms with Crippen molar-refractivity contribution in [2.75, 3.05) is 0 Å². The lowest BCUT2D eigenvalue weighted by Gasteiger charge is -2.07. The van der Waals surface area contributed by atoms with Crippen molar-refractivity contribution >= 4 is 23.4 Å². The molecule has 0 atom stereocenters. The normalized spacial score (nSPS) is 10.3. The van der Waals surface area contributed by atoms with Crippen molar-refractivity contribution in [3.63, 3.8) is 0 Å². The third-order valence-corrected chi connectivity index (χ3v) is 3.97. The van der Waals surface area contributed by atoms with Crippen molar-refractivity contribution in [1.29, 1.82) is 0 Å². The largest absolute Gasteiger partial charge is 0.478 e. The molecule has 21 heavy (non-hydrogen) atoms. The summed E-state index contributed by atoms with van der Waals surface area (Å²) in [6, 6.07) is 11.5. The highest BCUT2D eigenvalue weighted by Gasteiger charge is 2.11. The zero-order chi connectivity index (χ0) is 15.4. The number of nitrogens with zero attached hydrogens (tertiary/aromatic N) is 1. The van der Waals surface area contributed by atoms with E-state index in [9.17, 15) is 20.0 Å². The first-order valence-electron chi connectivity index (χ1n) is 6.29. The van der Waals surface area contributed by atoms with Crippen LogP contribution >= 0.6 is 11.8 Å². The van der Waals surface area contributed by atoms with Crippen LogP contribution in [0, 0.1) is 10.1 Å². The van der Waals surface area contributed by atoms with E-state index in [4.69, 9.17) is 0 Å². The molecule has 0 aliphatic heterocycles. The molecule has 0 radical (unpaired) electrons. The van der Waals surface area contributed by atoms with Crippen molar-refractivity contribution in [1.82, 2.24) is 0 Å². The van der Waals surface area contributed by atoms with Crippen LogP contribution < -0.4 is 0 Å². The molecule has 0 amide bonds. The summed E-state index contributed by atoms with van der Waals surface area (Å²) in [4.78, 5) is 23.0. The molecule has 2 aromatic carbocycles. The van der Waals surface area contributed by atoms with Crippen LogP contribution in [0.3, 0.4) is 0 Å². The Kier molecular flexibility index (Phi) is 4.59. The first-order valence-corrected chi connectivity index (χ1v) is 7.11. The van der Waals surface area contributed by atoms with Gasteiger partial charge in [0, 0.05) is 21.9 Å². The summed E-state index contributed by atoms with van der Waals surface area (Å²) < 4.78 is 0. The average Bonchev–Trinajstić information content (AvgIpc) is 2.47. The summed E-state index contributed by atoms with van der Waals surface area (Å²) in [6.45, 7) is 1.91. The molecule has 6 heteroatoms. The van der Waals surface area contributed by atoms with E-state index < -0.39 is 10.9 Å². The second-order valence-electron chi connectivity index (χ2n) is 4.33. The van der Waals surface area contributed by atoms with Crippen molar-refractivity contribution in [2.24, 2.45) is 0 Å². The second-order valence-corrected chi connectivity index (χ2v) is 5.48. The number of carbonyl (C=O) groups is 1. The van der Waals surface area contributed by atoms with Crippen LogP contribution in [-0.2, 0) is 6.42 Å². The number of nitro benzene ring substituents is 1. The first-order chi connectivity index (χ1) is 10.0. The van der Waals surface area contributed by atoms with Crippen LogP contribution in [-0.4, -0.2) is 16.0 Å². The third-order valence-electron chi connectivity index (χ3n) is 2.98. The molecule has 1 N–H and O–H groups in total. The number of hydrogen-bond donors (Lipinski definition) is 1. The Hall–Kier alpha value is -2.34. The van der Waals surface area contributed by atoms with E-state index in [1.165, 1.54) is 23.9 Å². The SMILES string of the molecule is CCc1ccc(Sc2ccc([N+](=O)[O-])cc2)cc1C(=O)O. The maximum absolute atomic E-state index is 11.2. The zero-order valence-electron chi connectivity index (χ0n) is 11.3. The van der Waals surface area contributed by atoms with Crippen molar-refractivity contribution in [2.45, 2.75) is 23.1 Å². The van der Waals surface area contributed by atoms with Gasteiger partial charge in [-0.25, -0.2) is 4.79 Å². The Morgan fingerprint density at radius 3 is 2.33 bits per heavy atom. The van der Waals surface area contributed by atoms with E-state index >= 15 is 0 Å². The van der Waals surface area contributed by atoms with Crippen molar-refractivity contribution < 1.29 is 14.8 Å². The topological polar surface area (TPSA) is 80.4 Å². The highest BCUT2D eigenvalue weighted by atomic mass is 32.2. The van der Waals surface area contributed by atoms with Gasteiger partial charge < -0.3 is 5.11 Å². The molecular weight excluding hydrogens is 290 g/mol. The van der Waals surface area contributed by atoms with Gasteiger partial charge >= 0.3 is 5.97 Å². The minimum Gasteiger partial charge on any atom is -0.478 e. The van der Waals surface area contributed by atoms with Gasteiger partial charge in [-0.1, -0.05) is 24.8 Å². The van der Waals surface area contributed by atoms with Crippen LogP contribution in [0.5, 0.6) is 0 Å². The molecule has 0 spiro atoms. The average molecular weight is 303 g/mol. The molecule has 2 rings (SSSR count). The maximum atomic E-state index is 11.2. The Morgan fingerprint density at radius 1 is 1.19 bits per heavy atom. The summed E-state index contributed by atoms with van der Waals surface area (Å²) >= 11 is 1.37. The van der Waals surface area contributed by atoms with Crippen LogP contribution in [0.25, 0.3) is 0 Å². The fourth-order valence-electron chi connectivity index (χ4n) is 1.90. The molecule has 0 aliphatic rings. The maximum Gasteiger partial charge on any atom is 0.336 e. The van der Waals surface area contributed by atoms with Gasteiger partial charge in [-0.3, -0.25) is 10.1 Å². The molecule has 0 unspecified atom stereocenters. The van der Waals surface area contributed by atoms with E-state index in [0.717, 1.165) is 15.4 Å². The molecule has 0 saturated heterocycles. The van der Waals surface area contributed by atoms with Crippen molar-refractivity contribution in [3.8, 4) is 0 Å². The highest BCUT2D eigenvalue weighted by molar-refractivity contribution is 7.99. The molecule has 108 valence electrons. The lowest BCUT2D eigenvalue weighted by atomic mass is 10.1. The Labute approximate surface area is 125 Å². The number of nitro groups is 1. The molecule has 0 aromatic heterocycles. The second kappa shape index (κ2) is 6.41. The zero-order valence-corrected chi connectivity index (χ0v) is 12.1. The summed E-state index contributed by atoms with van der Waals surface area (Å²) in [6.07, 6.45) is 0.657. The summed E-state index contributed by atoms with van der Waals surface area (Å²) in [5.74, 6) is -0.946. The minimum atomic E-state index is -0.946. The minimum absolute atomic E-state index is 0.0342. The predicted molar refractivity (Wildman–Crippen MR) is 80.0 cm³/mol. The van der Waals surface area contributed by atoms with Gasteiger partial charge in [0.25, 0.3) is 5.69 Å². The van der Waals surface area contributed by atoms with Gasteiger partial charge in [0.05, 0.1) is 10.5 Å². The molecule has 0 heterocycles. The van der Waals surface area contributed by atoms with E-state index in [1.54, 1.807) is 24.3 Å². The van der Waals surface area contributed by atoms with E-state index in [-0.39, 0.29) is 5.69 Å². The van der Waals surface area contributed by atoms with Crippen LogP contribution in [0.1, 0.15) is 22.8 Å². The first kappa shape index (κ1) is 15.1. The monoisotopic (exact) mass is 303 g/mol. The summed E-state index contributed by atoms with van der Waals surface area (Å²) in [7, 11) is 0. The molecule has 0 fully saturated rings. The standard InChI is InChI=1S/C15H13NO4S/c1-2-10-3-6-13(9-14(10)15(17)18)21-12-7-4-11(5-8-12)16(19)20/h3-9H,2H2,1H3,(H,17,18). The molecule has 2 aromatic rings. The number of non-ortho nitro benzene ring substituents is 1. The number of benzene rings is 2. The van der Waals surface area contributed by atoms with E-state index in [2.05, 4.69) is 0 Å². The van der Waals surface area contributed by atoms with Gasteiger partial charge in [-0.2, -0.15) is 0 Å². The fourth-order valence-corrected chi connectivity index (χ4v) is 2.76. The molecule has 0 bridgehead atoms. The van der Waals surface area contributed by atoms with Crippen LogP contribution in [0.2, 0.25) is 0 Å². The molecular formula is C15H13NO4S. The van der Waals surface area contributed by atoms with E-state index in [1.807, 2.05) is 13.0 Å². The summed E-state index contributed by atoms with van der Waals surface area (Å²) in [5.41, 5.74) is 1.12. The predicted octanol–water partition coefficient (Wildman–Crippen LogP) is 4.01. The highest BCUT2D eigenvalue weighted by Crippen LogP contribution is 2.30. The Morgan fingerprint density at radius 2 is 1.81 bits per heavy atom. The molecule has 0 aliphatic carbocycles. The fraction of sp³-hybridized carbons (Fsp3) is 0.133. The van der Waals surface area contributed by atoms with E-state index in [0.29, 0.717) is 12.0 Å². The van der Waals surface area contributed by atoms with Crippen LogP contribution in [0.15, 0.2) is 52.3 Å². The molecule has 5 nitrogen and oxygen atoms in total. The number of aryl methyl sites for hydroxylation is 1. The number of hydrogen-bond acceptors (Lipinski definition) is 4. The van der Waals surface area contributed by atoms with Crippen molar-refractivity contribution in [3.05, 3.63) is 63.7 Å². The summed E-state index contributed by atoms with van der Waals surface area (Å²) in [5, 5.41) is 19.8. The van der Waals surface area contributed by atoms with Gasteiger partial charge in [-0.05, 0) is 36.2 Å². The number of carboxylic acids is 1. The molecule has 0 saturated carbocycles. The number of rotatable bonds is 5. The number of aromatic carboxylic acids is 1. The third kappa shape index (κ3) is 3.61. The van der Waals surface area contributed by atoms with Gasteiger partial charge in [-0.15, -0.1) is 0 Å². The lowest BCUT2D eigenvalue weighted by Crippen LogP contribution is -2.01. The Bertz CT molecular complexity index is 683. The number of carboxylic acid groups (broad SMARTS) is 1. The quantitative estimate of drug-likeness (QED) is 0.667. The van der Waals surface area contributed by atoms with Gasteiger partial charge in [0.1, 0.15) is 0 Å². The smallest absolute Gasteiger partial charge is 0.336 e. The van der Waals surface area contributed by atoms with Gasteiger partial charge in [0.15, 0.2) is 0 Å². The Balaban J connectivity index is 2.25. The lowest BCUT2D eigenvalue weighted by molar-refractivity contribution is -0.384.